The number of benzene rings is 1. The minimum atomic E-state index is 0. The van der Waals surface area contributed by atoms with E-state index in [2.05, 4.69) is 15.3 Å². The van der Waals surface area contributed by atoms with Gasteiger partial charge in [-0.3, -0.25) is 0 Å². The number of rotatable bonds is 4. The smallest absolute Gasteiger partial charge is 0.228 e. The fourth-order valence-electron chi connectivity index (χ4n) is 2.78. The summed E-state index contributed by atoms with van der Waals surface area (Å²) in [5.41, 5.74) is 3.51. The van der Waals surface area contributed by atoms with Crippen molar-refractivity contribution in [1.82, 2.24) is 15.3 Å². The second kappa shape index (κ2) is 7.82. The van der Waals surface area contributed by atoms with Gasteiger partial charge in [-0.1, -0.05) is 6.07 Å². The van der Waals surface area contributed by atoms with Crippen LogP contribution in [-0.2, 0) is 4.74 Å². The first-order valence-corrected chi connectivity index (χ1v) is 8.15. The van der Waals surface area contributed by atoms with E-state index in [-0.39, 0.29) is 18.5 Å². The third kappa shape index (κ3) is 3.76. The zero-order valence-corrected chi connectivity index (χ0v) is 14.7. The van der Waals surface area contributed by atoms with Crippen molar-refractivity contribution in [2.24, 2.45) is 0 Å². The topological polar surface area (TPSA) is 69.4 Å². The van der Waals surface area contributed by atoms with E-state index in [1.165, 1.54) is 0 Å². The van der Waals surface area contributed by atoms with Crippen LogP contribution in [0.5, 0.6) is 5.88 Å². The van der Waals surface area contributed by atoms with Crippen molar-refractivity contribution in [3.63, 3.8) is 0 Å². The maximum absolute atomic E-state index is 5.92. The van der Waals surface area contributed by atoms with E-state index < -0.39 is 0 Å². The molecule has 1 atom stereocenters. The van der Waals surface area contributed by atoms with Gasteiger partial charge in [-0.2, -0.15) is 0 Å². The molecule has 1 fully saturated rings. The number of fused-ring (bicyclic) bond motifs is 1. The van der Waals surface area contributed by atoms with Crippen LogP contribution in [0.4, 0.5) is 0 Å². The number of pyridine rings is 1. The molecule has 1 N–H and O–H groups in total. The highest BCUT2D eigenvalue weighted by Crippen LogP contribution is 2.28. The molecule has 3 aromatic rings. The van der Waals surface area contributed by atoms with Crippen LogP contribution in [0.3, 0.4) is 0 Å². The molecule has 1 aliphatic rings. The van der Waals surface area contributed by atoms with Crippen LogP contribution in [0.15, 0.2) is 40.9 Å². The van der Waals surface area contributed by atoms with Crippen LogP contribution in [0.25, 0.3) is 22.6 Å². The molecule has 0 spiro atoms. The van der Waals surface area contributed by atoms with Gasteiger partial charge in [-0.05, 0) is 30.7 Å². The summed E-state index contributed by atoms with van der Waals surface area (Å²) in [5, 5.41) is 3.34. The van der Waals surface area contributed by atoms with Crippen LogP contribution in [-0.4, -0.2) is 36.3 Å². The molecule has 132 valence electrons. The van der Waals surface area contributed by atoms with E-state index in [1.54, 1.807) is 6.20 Å². The predicted molar refractivity (Wildman–Crippen MR) is 97.2 cm³/mol. The van der Waals surface area contributed by atoms with Crippen molar-refractivity contribution in [1.29, 1.82) is 0 Å². The summed E-state index contributed by atoms with van der Waals surface area (Å²) >= 11 is 0. The summed E-state index contributed by atoms with van der Waals surface area (Å²) in [5.74, 6) is 1.15. The van der Waals surface area contributed by atoms with Gasteiger partial charge in [0.1, 0.15) is 5.52 Å². The van der Waals surface area contributed by atoms with Gasteiger partial charge >= 0.3 is 0 Å². The highest BCUT2D eigenvalue weighted by molar-refractivity contribution is 5.85. The predicted octanol–water partition coefficient (Wildman–Crippen LogP) is 3.37. The highest BCUT2D eigenvalue weighted by atomic mass is 35.5. The van der Waals surface area contributed by atoms with Gasteiger partial charge in [0.2, 0.25) is 11.8 Å². The first-order chi connectivity index (χ1) is 11.8. The number of morpholine rings is 1. The molecule has 1 unspecified atom stereocenters. The number of halogens is 1. The molecular formula is C18H20ClN3O3. The van der Waals surface area contributed by atoms with Crippen LogP contribution in [0, 0.1) is 0 Å². The summed E-state index contributed by atoms with van der Waals surface area (Å²) in [6.07, 6.45) is 1.77. The molecule has 7 heteroatoms. The maximum atomic E-state index is 5.92. The molecule has 0 bridgehead atoms. The number of nitrogens with zero attached hydrogens (tertiary/aromatic N) is 2. The first-order valence-electron chi connectivity index (χ1n) is 8.15. The van der Waals surface area contributed by atoms with Crippen LogP contribution in [0.2, 0.25) is 0 Å². The Balaban J connectivity index is 0.00000182. The molecular weight excluding hydrogens is 342 g/mol. The second-order valence-electron chi connectivity index (χ2n) is 5.63. The second-order valence-corrected chi connectivity index (χ2v) is 5.63. The van der Waals surface area contributed by atoms with Gasteiger partial charge in [0.05, 0.1) is 24.9 Å². The van der Waals surface area contributed by atoms with Gasteiger partial charge in [0.25, 0.3) is 0 Å². The van der Waals surface area contributed by atoms with Crippen molar-refractivity contribution in [3.8, 4) is 17.3 Å². The Hall–Kier alpha value is -2.15. The largest absolute Gasteiger partial charge is 0.478 e. The fourth-order valence-corrected chi connectivity index (χ4v) is 2.78. The maximum Gasteiger partial charge on any atom is 0.228 e. The summed E-state index contributed by atoms with van der Waals surface area (Å²) in [6, 6.07) is 9.74. The number of aromatic nitrogens is 2. The number of hydrogen-bond acceptors (Lipinski definition) is 6. The molecule has 4 rings (SSSR count). The van der Waals surface area contributed by atoms with Crippen molar-refractivity contribution < 1.29 is 13.9 Å². The normalized spacial score (nSPS) is 17.2. The summed E-state index contributed by atoms with van der Waals surface area (Å²) in [7, 11) is 0. The molecule has 1 saturated heterocycles. The van der Waals surface area contributed by atoms with Crippen molar-refractivity contribution in [2.75, 3.05) is 26.3 Å². The number of oxazole rings is 1. The minimum absolute atomic E-state index is 0. The van der Waals surface area contributed by atoms with E-state index in [0.717, 1.165) is 41.9 Å². The lowest BCUT2D eigenvalue weighted by Crippen LogP contribution is -2.33. The summed E-state index contributed by atoms with van der Waals surface area (Å²) < 4.78 is 17.1. The Bertz CT molecular complexity index is 829. The third-order valence-electron chi connectivity index (χ3n) is 3.99. The molecule has 3 heterocycles. The highest BCUT2D eigenvalue weighted by Gasteiger charge is 2.17. The monoisotopic (exact) mass is 361 g/mol. The number of hydrogen-bond donors (Lipinski definition) is 1. The van der Waals surface area contributed by atoms with Crippen molar-refractivity contribution in [2.45, 2.75) is 13.0 Å². The van der Waals surface area contributed by atoms with Gasteiger partial charge in [-0.15, -0.1) is 12.4 Å². The van der Waals surface area contributed by atoms with E-state index >= 15 is 0 Å². The molecule has 1 aliphatic heterocycles. The first kappa shape index (κ1) is 17.7. The molecule has 25 heavy (non-hydrogen) atoms. The van der Waals surface area contributed by atoms with E-state index in [9.17, 15) is 0 Å². The Morgan fingerprint density at radius 2 is 2.20 bits per heavy atom. The lowest BCUT2D eigenvalue weighted by atomic mass is 10.1. The van der Waals surface area contributed by atoms with E-state index in [4.69, 9.17) is 13.9 Å². The molecule has 0 radical (unpaired) electrons. The lowest BCUT2D eigenvalue weighted by molar-refractivity contribution is 0.0277. The SMILES string of the molecule is CCOc1ccc(-c2nc3ccc(C4CNCCO4)cc3o2)cn1.Cl. The average Bonchev–Trinajstić information content (AvgIpc) is 3.06. The molecule has 0 saturated carbocycles. The fraction of sp³-hybridized carbons (Fsp3) is 0.333. The van der Waals surface area contributed by atoms with Crippen molar-refractivity contribution in [3.05, 3.63) is 42.1 Å². The van der Waals surface area contributed by atoms with E-state index in [0.29, 0.717) is 18.4 Å². The number of ether oxygens (including phenoxy) is 2. The Morgan fingerprint density at radius 3 is 2.92 bits per heavy atom. The molecule has 6 nitrogen and oxygen atoms in total. The molecule has 0 amide bonds. The van der Waals surface area contributed by atoms with Crippen LogP contribution >= 0.6 is 12.4 Å². The standard InChI is InChI=1S/C18H19N3O3.ClH/c1-2-22-17-6-4-13(10-20-17)18-21-14-5-3-12(9-15(14)24-18)16-11-19-7-8-23-16;/h3-6,9-10,16,19H,2,7-8,11H2,1H3;1H. The quantitative estimate of drug-likeness (QED) is 0.768. The third-order valence-corrected chi connectivity index (χ3v) is 3.99. The van der Waals surface area contributed by atoms with Crippen molar-refractivity contribution >= 4 is 23.5 Å². The average molecular weight is 362 g/mol. The van der Waals surface area contributed by atoms with Crippen LogP contribution in [0.1, 0.15) is 18.6 Å². The van der Waals surface area contributed by atoms with Gasteiger partial charge in [-0.25, -0.2) is 9.97 Å². The Labute approximate surface area is 152 Å². The van der Waals surface area contributed by atoms with E-state index in [1.807, 2.05) is 37.3 Å². The zero-order chi connectivity index (χ0) is 16.4. The van der Waals surface area contributed by atoms with Gasteiger partial charge in [0, 0.05) is 25.4 Å². The summed E-state index contributed by atoms with van der Waals surface area (Å²) in [6.45, 7) is 4.96. The van der Waals surface area contributed by atoms with Gasteiger partial charge < -0.3 is 19.2 Å². The lowest BCUT2D eigenvalue weighted by Gasteiger charge is -2.23. The molecule has 2 aromatic heterocycles. The zero-order valence-electron chi connectivity index (χ0n) is 13.9. The Morgan fingerprint density at radius 1 is 1.28 bits per heavy atom. The molecule has 0 aliphatic carbocycles. The van der Waals surface area contributed by atoms with Crippen LogP contribution < -0.4 is 10.1 Å². The Kier molecular flexibility index (Phi) is 5.53. The number of nitrogens with one attached hydrogen (secondary N) is 1. The summed E-state index contributed by atoms with van der Waals surface area (Å²) in [4.78, 5) is 8.80. The molecule has 1 aromatic carbocycles. The minimum Gasteiger partial charge on any atom is -0.478 e. The van der Waals surface area contributed by atoms with Gasteiger partial charge in [0.15, 0.2) is 5.58 Å².